The van der Waals surface area contributed by atoms with E-state index in [9.17, 15) is 25.1 Å². The molecule has 0 heterocycles. The molecule has 0 saturated carbocycles. The Hall–Kier alpha value is -3.99. The van der Waals surface area contributed by atoms with E-state index in [4.69, 9.17) is 9.84 Å². The van der Waals surface area contributed by atoms with Gasteiger partial charge < -0.3 is 25.4 Å². The van der Waals surface area contributed by atoms with Crippen molar-refractivity contribution in [1.82, 2.24) is 0 Å². The van der Waals surface area contributed by atoms with Crippen molar-refractivity contribution in [2.24, 2.45) is 10.2 Å². The zero-order chi connectivity index (χ0) is 21.4. The van der Waals surface area contributed by atoms with Gasteiger partial charge in [0.05, 0.1) is 23.3 Å². The quantitative estimate of drug-likeness (QED) is 0.173. The van der Waals surface area contributed by atoms with E-state index in [0.717, 1.165) is 18.2 Å². The molecule has 0 aliphatic heterocycles. The van der Waals surface area contributed by atoms with E-state index >= 15 is 0 Å². The molecular weight excluding hydrogens is 384 g/mol. The number of nitro benzene ring substituents is 1. The van der Waals surface area contributed by atoms with Gasteiger partial charge in [0.2, 0.25) is 0 Å². The third-order valence-electron chi connectivity index (χ3n) is 3.47. The van der Waals surface area contributed by atoms with E-state index in [1.807, 2.05) is 0 Å². The number of rotatable bonds is 8. The third-order valence-corrected chi connectivity index (χ3v) is 3.47. The second kappa shape index (κ2) is 9.80. The fraction of sp³-hybridized carbons (Fsp3) is 0.167. The number of ether oxygens (including phenoxy) is 1. The number of hydrogen-bond donors (Lipinski definition) is 4. The van der Waals surface area contributed by atoms with Crippen LogP contribution in [0.15, 0.2) is 64.1 Å². The number of azo groups is 1. The van der Waals surface area contributed by atoms with Gasteiger partial charge in [-0.15, -0.1) is 10.2 Å². The van der Waals surface area contributed by atoms with Gasteiger partial charge in [0.1, 0.15) is 29.6 Å². The molecule has 11 heteroatoms. The molecule has 0 aromatic heterocycles. The first-order valence-corrected chi connectivity index (χ1v) is 8.26. The minimum absolute atomic E-state index is 0.0216. The van der Waals surface area contributed by atoms with Crippen LogP contribution in [0, 0.1) is 10.1 Å². The molecule has 2 aromatic rings. The second-order valence-electron chi connectivity index (χ2n) is 5.59. The van der Waals surface area contributed by atoms with Gasteiger partial charge in [-0.2, -0.15) is 0 Å². The summed E-state index contributed by atoms with van der Waals surface area (Å²) in [5, 5.41) is 49.0. The molecule has 0 atom stereocenters. The molecule has 0 fully saturated rings. The number of carbonyl (C=O) groups is 1. The highest BCUT2D eigenvalue weighted by molar-refractivity contribution is 6.04. The Labute approximate surface area is 164 Å². The van der Waals surface area contributed by atoms with Crippen LogP contribution in [0.4, 0.5) is 17.1 Å². The zero-order valence-corrected chi connectivity index (χ0v) is 15.3. The molecule has 11 nitrogen and oxygen atoms in total. The highest BCUT2D eigenvalue weighted by Gasteiger charge is 2.16. The van der Waals surface area contributed by atoms with Crippen molar-refractivity contribution in [1.29, 1.82) is 0 Å². The van der Waals surface area contributed by atoms with E-state index in [1.54, 1.807) is 24.3 Å². The summed E-state index contributed by atoms with van der Waals surface area (Å²) in [7, 11) is 0. The monoisotopic (exact) mass is 402 g/mol. The summed E-state index contributed by atoms with van der Waals surface area (Å²) in [6.07, 6.45) is 0. The van der Waals surface area contributed by atoms with E-state index in [1.165, 1.54) is 6.92 Å². The number of aromatic hydroxyl groups is 1. The number of aliphatic hydroxyl groups is 2. The van der Waals surface area contributed by atoms with Crippen molar-refractivity contribution < 1.29 is 29.8 Å². The Balaban J connectivity index is 2.23. The summed E-state index contributed by atoms with van der Waals surface area (Å²) < 4.78 is 5.32. The van der Waals surface area contributed by atoms with Crippen LogP contribution in [0.2, 0.25) is 0 Å². The Kier molecular flexibility index (Phi) is 7.20. The molecule has 2 rings (SSSR count). The van der Waals surface area contributed by atoms with Crippen LogP contribution in [0.25, 0.3) is 0 Å². The largest absolute Gasteiger partial charge is 0.510 e. The Morgan fingerprint density at radius 1 is 1.28 bits per heavy atom. The average molecular weight is 402 g/mol. The molecule has 0 spiro atoms. The van der Waals surface area contributed by atoms with Crippen LogP contribution >= 0.6 is 0 Å². The lowest BCUT2D eigenvalue weighted by Crippen LogP contribution is -2.16. The number of aliphatic hydroxyl groups excluding tert-OH is 2. The van der Waals surface area contributed by atoms with Gasteiger partial charge in [-0.1, -0.05) is 12.1 Å². The van der Waals surface area contributed by atoms with Crippen molar-refractivity contribution >= 4 is 23.0 Å². The van der Waals surface area contributed by atoms with Crippen LogP contribution in [0.3, 0.4) is 0 Å². The maximum Gasteiger partial charge on any atom is 0.279 e. The minimum atomic E-state index is -0.810. The van der Waals surface area contributed by atoms with Crippen molar-refractivity contribution in [2.45, 2.75) is 6.92 Å². The minimum Gasteiger partial charge on any atom is -0.510 e. The normalized spacial score (nSPS) is 11.8. The first-order valence-electron chi connectivity index (χ1n) is 8.26. The number of nitrogens with zero attached hydrogens (tertiary/aromatic N) is 3. The molecule has 1 amide bonds. The first kappa shape index (κ1) is 21.3. The predicted molar refractivity (Wildman–Crippen MR) is 102 cm³/mol. The molecule has 2 aromatic carbocycles. The first-order chi connectivity index (χ1) is 13.8. The van der Waals surface area contributed by atoms with E-state index in [-0.39, 0.29) is 30.3 Å². The Bertz CT molecular complexity index is 968. The Morgan fingerprint density at radius 2 is 2.00 bits per heavy atom. The van der Waals surface area contributed by atoms with Gasteiger partial charge in [-0.25, -0.2) is 0 Å². The Morgan fingerprint density at radius 3 is 2.62 bits per heavy atom. The van der Waals surface area contributed by atoms with Gasteiger partial charge in [0.15, 0.2) is 5.70 Å². The molecular formula is C18H18N4O7. The highest BCUT2D eigenvalue weighted by Crippen LogP contribution is 2.31. The van der Waals surface area contributed by atoms with E-state index in [2.05, 4.69) is 15.5 Å². The number of anilines is 1. The molecule has 0 aliphatic carbocycles. The van der Waals surface area contributed by atoms with Gasteiger partial charge in [0.25, 0.3) is 11.6 Å². The van der Waals surface area contributed by atoms with E-state index in [0.29, 0.717) is 5.75 Å². The number of benzene rings is 2. The molecule has 0 radical (unpaired) electrons. The smallest absolute Gasteiger partial charge is 0.279 e. The number of para-hydroxylation sites is 2. The molecule has 4 N–H and O–H groups in total. The molecule has 152 valence electrons. The summed E-state index contributed by atoms with van der Waals surface area (Å²) in [5.74, 6) is -1.47. The van der Waals surface area contributed by atoms with Gasteiger partial charge >= 0.3 is 0 Å². The number of nitro groups is 1. The van der Waals surface area contributed by atoms with E-state index < -0.39 is 28.0 Å². The number of non-ortho nitro benzene ring substituents is 1. The molecule has 0 aliphatic rings. The van der Waals surface area contributed by atoms with Crippen molar-refractivity contribution in [2.75, 3.05) is 18.5 Å². The summed E-state index contributed by atoms with van der Waals surface area (Å²) in [6.45, 7) is 1.03. The lowest BCUT2D eigenvalue weighted by atomic mass is 10.2. The van der Waals surface area contributed by atoms with Gasteiger partial charge in [0, 0.05) is 6.07 Å². The summed E-state index contributed by atoms with van der Waals surface area (Å²) >= 11 is 0. The fourth-order valence-electron chi connectivity index (χ4n) is 2.13. The number of hydrogen-bond acceptors (Lipinski definition) is 9. The van der Waals surface area contributed by atoms with Crippen LogP contribution in [-0.2, 0) is 4.79 Å². The lowest BCUT2D eigenvalue weighted by Gasteiger charge is -2.11. The maximum atomic E-state index is 12.5. The zero-order valence-electron chi connectivity index (χ0n) is 15.3. The SMILES string of the molecule is CC(O)=C(N=Nc1ccc([N+](=O)[O-])cc1O)C(=O)Nc1ccccc1OCCO. The van der Waals surface area contributed by atoms with Crippen LogP contribution < -0.4 is 10.1 Å². The van der Waals surface area contributed by atoms with Gasteiger partial charge in [-0.3, -0.25) is 14.9 Å². The number of carbonyl (C=O) groups excluding carboxylic acids is 1. The summed E-state index contributed by atoms with van der Waals surface area (Å²) in [6, 6.07) is 9.60. The molecule has 0 saturated heterocycles. The predicted octanol–water partition coefficient (Wildman–Crippen LogP) is 3.18. The second-order valence-corrected chi connectivity index (χ2v) is 5.59. The third kappa shape index (κ3) is 5.74. The molecule has 0 unspecified atom stereocenters. The lowest BCUT2D eigenvalue weighted by molar-refractivity contribution is -0.384. The van der Waals surface area contributed by atoms with Crippen molar-refractivity contribution in [3.63, 3.8) is 0 Å². The number of nitrogens with one attached hydrogen (secondary N) is 1. The van der Waals surface area contributed by atoms with Gasteiger partial charge in [-0.05, 0) is 25.1 Å². The molecule has 29 heavy (non-hydrogen) atoms. The van der Waals surface area contributed by atoms with Crippen molar-refractivity contribution in [3.8, 4) is 11.5 Å². The number of phenols is 1. The topological polar surface area (TPSA) is 167 Å². The number of amides is 1. The highest BCUT2D eigenvalue weighted by atomic mass is 16.6. The maximum absolute atomic E-state index is 12.5. The summed E-state index contributed by atoms with van der Waals surface area (Å²) in [4.78, 5) is 22.5. The van der Waals surface area contributed by atoms with Crippen LogP contribution in [0.5, 0.6) is 11.5 Å². The van der Waals surface area contributed by atoms with Crippen LogP contribution in [-0.4, -0.2) is 39.4 Å². The summed E-state index contributed by atoms with van der Waals surface area (Å²) in [5.41, 5.74) is -0.639. The fourth-order valence-corrected chi connectivity index (χ4v) is 2.13. The number of phenolic OH excluding ortho intramolecular Hbond substituents is 1. The standard InChI is InChI=1S/C18H18N4O7/c1-11(24)17(21-20-13-7-6-12(22(27)28)10-15(13)25)18(26)19-14-4-2-3-5-16(14)29-9-8-23/h2-7,10,23-25H,8-9H2,1H3,(H,19,26). The average Bonchev–Trinajstić information content (AvgIpc) is 2.68. The van der Waals surface area contributed by atoms with Crippen molar-refractivity contribution in [3.05, 3.63) is 64.0 Å². The molecule has 0 bridgehead atoms. The van der Waals surface area contributed by atoms with Crippen LogP contribution in [0.1, 0.15) is 6.92 Å². The number of allylic oxidation sites excluding steroid dienone is 1.